The minimum Gasteiger partial charge on any atom is -0.525 e. The van der Waals surface area contributed by atoms with Crippen LogP contribution in [-0.2, 0) is 9.39 Å². The lowest BCUT2D eigenvalue weighted by Gasteiger charge is -2.26. The molecule has 1 fully saturated rings. The number of amides is 2. The maximum Gasteiger partial charge on any atom is 0.337 e. The van der Waals surface area contributed by atoms with Gasteiger partial charge in [-0.25, -0.2) is 4.39 Å². The third-order valence-corrected chi connectivity index (χ3v) is 6.30. The van der Waals surface area contributed by atoms with Crippen LogP contribution >= 0.6 is 23.2 Å². The van der Waals surface area contributed by atoms with E-state index in [0.29, 0.717) is 37.6 Å². The molecule has 1 saturated heterocycles. The normalized spacial score (nSPS) is 13.6. The summed E-state index contributed by atoms with van der Waals surface area (Å²) in [5, 5.41) is 10.1. The number of carbonyl (C=O) groups excluding carboxylic acids is 2. The second-order valence-electron chi connectivity index (χ2n) is 8.12. The second kappa shape index (κ2) is 12.7. The molecule has 4 rings (SSSR count). The fourth-order valence-corrected chi connectivity index (χ4v) is 4.18. The van der Waals surface area contributed by atoms with Crippen LogP contribution < -0.4 is 15.8 Å². The van der Waals surface area contributed by atoms with Gasteiger partial charge in [0.25, 0.3) is 11.8 Å². The molecule has 0 saturated carbocycles. The van der Waals surface area contributed by atoms with Gasteiger partial charge in [0.05, 0.1) is 29.4 Å². The van der Waals surface area contributed by atoms with Crippen LogP contribution in [0.5, 0.6) is 5.75 Å². The predicted octanol–water partition coefficient (Wildman–Crippen LogP) is 2.88. The number of morpholine rings is 1. The van der Waals surface area contributed by atoms with Gasteiger partial charge in [-0.15, -0.1) is 10.2 Å². The molecule has 1 atom stereocenters. The predicted molar refractivity (Wildman–Crippen MR) is 145 cm³/mol. The van der Waals surface area contributed by atoms with E-state index in [9.17, 15) is 14.0 Å². The summed E-state index contributed by atoms with van der Waals surface area (Å²) in [5.41, 5.74) is 6.72. The Morgan fingerprint density at radius 1 is 1.15 bits per heavy atom. The first kappa shape index (κ1) is 28.0. The molecule has 0 spiro atoms. The summed E-state index contributed by atoms with van der Waals surface area (Å²) >= 11 is 12.4. The lowest BCUT2D eigenvalue weighted by atomic mass is 10.1. The van der Waals surface area contributed by atoms with Gasteiger partial charge in [0.2, 0.25) is 0 Å². The Balaban J connectivity index is 1.52. The number of halogens is 3. The molecule has 1 aliphatic heterocycles. The molecule has 200 valence electrons. The van der Waals surface area contributed by atoms with E-state index in [2.05, 4.69) is 27.5 Å². The molecule has 10 nitrogen and oxygen atoms in total. The number of aromatic nitrogens is 2. The summed E-state index contributed by atoms with van der Waals surface area (Å²) in [6.07, 6.45) is 1.14. The van der Waals surface area contributed by atoms with Crippen LogP contribution in [0.1, 0.15) is 32.5 Å². The first-order valence-corrected chi connectivity index (χ1v) is 12.3. The molecule has 2 aromatic carbocycles. The van der Waals surface area contributed by atoms with Gasteiger partial charge in [-0.3, -0.25) is 9.59 Å². The fourth-order valence-electron chi connectivity index (χ4n) is 3.61. The molecule has 2 amide bonds. The molecule has 0 aliphatic carbocycles. The van der Waals surface area contributed by atoms with Gasteiger partial charge in [0, 0.05) is 36.0 Å². The minimum absolute atomic E-state index is 0.0387. The quantitative estimate of drug-likeness (QED) is 0.262. The summed E-state index contributed by atoms with van der Waals surface area (Å²) in [6.45, 7) is 2.03. The van der Waals surface area contributed by atoms with E-state index in [-0.39, 0.29) is 38.8 Å². The van der Waals surface area contributed by atoms with Crippen LogP contribution in [0.15, 0.2) is 42.5 Å². The number of carbonyl (C=O) groups is 2. The molecule has 0 radical (unpaired) electrons. The van der Waals surface area contributed by atoms with Crippen molar-refractivity contribution in [3.8, 4) is 17.8 Å². The van der Waals surface area contributed by atoms with E-state index in [1.807, 2.05) is 0 Å². The number of benzene rings is 2. The first-order valence-electron chi connectivity index (χ1n) is 11.5. The van der Waals surface area contributed by atoms with Crippen LogP contribution in [0.25, 0.3) is 0 Å². The molecule has 3 aromatic rings. The van der Waals surface area contributed by atoms with E-state index < -0.39 is 17.8 Å². The Morgan fingerprint density at radius 2 is 1.87 bits per heavy atom. The molecule has 1 unspecified atom stereocenters. The highest BCUT2D eigenvalue weighted by Crippen LogP contribution is 2.36. The maximum absolute atomic E-state index is 14.1. The van der Waals surface area contributed by atoms with Crippen molar-refractivity contribution in [3.63, 3.8) is 0 Å². The fraction of sp³-hybridized carbons (Fsp3) is 0.200. The van der Waals surface area contributed by atoms with Crippen molar-refractivity contribution in [3.05, 3.63) is 75.1 Å². The number of nitrogen functional groups attached to an aromatic ring is 1. The van der Waals surface area contributed by atoms with Crippen molar-refractivity contribution in [1.82, 2.24) is 15.1 Å². The Morgan fingerprint density at radius 3 is 2.56 bits per heavy atom. The third kappa shape index (κ3) is 6.70. The molecular weight excluding hydrogens is 551 g/mol. The summed E-state index contributed by atoms with van der Waals surface area (Å²) in [6, 6.07) is 10.1. The van der Waals surface area contributed by atoms with Crippen LogP contribution in [0.4, 0.5) is 15.9 Å². The van der Waals surface area contributed by atoms with E-state index in [1.54, 1.807) is 29.2 Å². The van der Waals surface area contributed by atoms with Crippen molar-refractivity contribution in [2.45, 2.75) is 6.10 Å². The van der Waals surface area contributed by atoms with Crippen LogP contribution in [-0.4, -0.2) is 61.3 Å². The molecule has 3 N–H and O–H groups in total. The number of rotatable bonds is 6. The highest BCUT2D eigenvalue weighted by Gasteiger charge is 2.24. The van der Waals surface area contributed by atoms with Crippen LogP contribution in [0.2, 0.25) is 10.0 Å². The molecule has 39 heavy (non-hydrogen) atoms. The van der Waals surface area contributed by atoms with Gasteiger partial charge in [0.1, 0.15) is 5.82 Å². The molecule has 2 heterocycles. The van der Waals surface area contributed by atoms with Crippen molar-refractivity contribution in [2.24, 2.45) is 0 Å². The van der Waals surface area contributed by atoms with Gasteiger partial charge >= 0.3 is 8.05 Å². The monoisotopic (exact) mass is 571 g/mol. The minimum atomic E-state index is -1.22. The molecule has 1 aromatic heterocycles. The van der Waals surface area contributed by atoms with Crippen molar-refractivity contribution in [1.29, 1.82) is 0 Å². The zero-order chi connectivity index (χ0) is 27.9. The maximum atomic E-state index is 14.1. The Labute approximate surface area is 234 Å². The Kier molecular flexibility index (Phi) is 9.09. The average Bonchev–Trinajstić information content (AvgIpc) is 2.95. The van der Waals surface area contributed by atoms with Crippen molar-refractivity contribution >= 4 is 54.6 Å². The van der Waals surface area contributed by atoms with E-state index in [4.69, 9.17) is 43.1 Å². The summed E-state index contributed by atoms with van der Waals surface area (Å²) in [5.74, 6) is 0.911. The zero-order valence-electron chi connectivity index (χ0n) is 20.5. The van der Waals surface area contributed by atoms with E-state index in [0.717, 1.165) is 6.07 Å². The van der Waals surface area contributed by atoms with Crippen LogP contribution in [0.3, 0.4) is 0 Å². The van der Waals surface area contributed by atoms with Crippen molar-refractivity contribution < 1.29 is 28.1 Å². The Hall–Kier alpha value is -4.05. The molecule has 1 aliphatic rings. The third-order valence-electron chi connectivity index (χ3n) is 5.58. The number of hydrogen-bond acceptors (Lipinski definition) is 8. The highest BCUT2D eigenvalue weighted by molar-refractivity contribution is 6.36. The lowest BCUT2D eigenvalue weighted by molar-refractivity contribution is 0.0303. The van der Waals surface area contributed by atoms with Crippen LogP contribution in [0, 0.1) is 17.8 Å². The van der Waals surface area contributed by atoms with Gasteiger partial charge in [-0.05, 0) is 42.3 Å². The topological polar surface area (TPSA) is 129 Å². The van der Waals surface area contributed by atoms with Gasteiger partial charge < -0.3 is 30.1 Å². The Bertz CT molecular complexity index is 1450. The smallest absolute Gasteiger partial charge is 0.337 e. The average molecular weight is 572 g/mol. The largest absolute Gasteiger partial charge is 0.525 e. The number of nitrogens with zero attached hydrogens (tertiary/aromatic N) is 3. The van der Waals surface area contributed by atoms with E-state index in [1.165, 1.54) is 20.2 Å². The van der Waals surface area contributed by atoms with Gasteiger partial charge in [-0.1, -0.05) is 23.2 Å². The van der Waals surface area contributed by atoms with E-state index >= 15 is 0 Å². The summed E-state index contributed by atoms with van der Waals surface area (Å²) in [4.78, 5) is 27.2. The molecule has 14 heteroatoms. The molecule has 0 bridgehead atoms. The van der Waals surface area contributed by atoms with Gasteiger partial charge in [0.15, 0.2) is 23.4 Å². The number of hydrogen-bond donors (Lipinski definition) is 2. The zero-order valence-corrected chi connectivity index (χ0v) is 22.1. The standard InChI is InChI=1S/C25H21BCl2FN5O5/c26-38-10-7-19(21-16(27)5-6-17(29)22(21)28)39-20-13-18(32-33-23(20)30)24(35)31-15-3-1-14(2-4-15)25(36)34-8-11-37-12-9-34/h1-6,13,19H,8-9,11-12,26H2,(H2,30,33)(H,31,35). The number of nitrogens with one attached hydrogen (secondary N) is 1. The molecular formula is C25H21BCl2FN5O5. The number of ether oxygens (including phenoxy) is 2. The second-order valence-corrected chi connectivity index (χ2v) is 8.91. The highest BCUT2D eigenvalue weighted by atomic mass is 35.5. The first-order chi connectivity index (χ1) is 18.8. The summed E-state index contributed by atoms with van der Waals surface area (Å²) in [7, 11) is 1.33. The summed E-state index contributed by atoms with van der Waals surface area (Å²) < 4.78 is 30.1. The lowest BCUT2D eigenvalue weighted by Crippen LogP contribution is -2.40. The number of nitrogens with two attached hydrogens (primary N) is 1. The SMILES string of the molecule is BOC#CC(Oc1cc(C(=O)Nc2ccc(C(=O)N3CCOCC3)cc2)nnc1N)c1c(Cl)ccc(F)c1Cl. The number of anilines is 2. The van der Waals surface area contributed by atoms with Crippen molar-refractivity contribution in [2.75, 3.05) is 37.4 Å². The van der Waals surface area contributed by atoms with Gasteiger partial charge in [-0.2, -0.15) is 0 Å².